The van der Waals surface area contributed by atoms with Gasteiger partial charge in [-0.15, -0.1) is 0 Å². The first-order valence-corrected chi connectivity index (χ1v) is 13.1. The fourth-order valence-corrected chi connectivity index (χ4v) is 6.01. The minimum Gasteiger partial charge on any atom is -0.354 e. The molecule has 4 heteroatoms. The van der Waals surface area contributed by atoms with Crippen LogP contribution in [0.2, 0.25) is 10.0 Å². The Morgan fingerprint density at radius 3 is 2.44 bits per heavy atom. The highest BCUT2D eigenvalue weighted by Crippen LogP contribution is 2.30. The van der Waals surface area contributed by atoms with E-state index in [0.717, 1.165) is 63.7 Å². The van der Waals surface area contributed by atoms with Crippen molar-refractivity contribution >= 4 is 52.0 Å². The lowest BCUT2D eigenvalue weighted by molar-refractivity contribution is 0.105. The Hall–Kier alpha value is -3.33. The van der Waals surface area contributed by atoms with Crippen molar-refractivity contribution in [1.82, 2.24) is 0 Å². The number of carbonyl (C=O) groups excluding carboxylic acids is 1. The first-order chi connectivity index (χ1) is 17.5. The highest BCUT2D eigenvalue weighted by molar-refractivity contribution is 6.34. The summed E-state index contributed by atoms with van der Waals surface area (Å²) < 4.78 is 0. The molecule has 36 heavy (non-hydrogen) atoms. The second-order valence-electron chi connectivity index (χ2n) is 9.52. The number of halogens is 2. The maximum atomic E-state index is 13.7. The molecule has 1 N–H and O–H groups in total. The summed E-state index contributed by atoms with van der Waals surface area (Å²) in [6.07, 6.45) is 5.78. The predicted octanol–water partition coefficient (Wildman–Crippen LogP) is 7.04. The van der Waals surface area contributed by atoms with E-state index < -0.39 is 0 Å². The van der Waals surface area contributed by atoms with Crippen LogP contribution in [-0.4, -0.2) is 5.78 Å². The van der Waals surface area contributed by atoms with E-state index in [1.165, 1.54) is 21.6 Å². The van der Waals surface area contributed by atoms with Crippen LogP contribution in [0.15, 0.2) is 72.8 Å². The molecule has 0 aliphatic heterocycles. The second kappa shape index (κ2) is 9.28. The number of fused-ring (bicyclic) bond motifs is 4. The van der Waals surface area contributed by atoms with Gasteiger partial charge < -0.3 is 5.32 Å². The summed E-state index contributed by atoms with van der Waals surface area (Å²) >= 11 is 13.1. The van der Waals surface area contributed by atoms with Crippen molar-refractivity contribution in [3.63, 3.8) is 0 Å². The van der Waals surface area contributed by atoms with Crippen LogP contribution in [0.4, 0.5) is 11.4 Å². The van der Waals surface area contributed by atoms with Gasteiger partial charge in [-0.1, -0.05) is 71.7 Å². The molecule has 0 spiro atoms. The van der Waals surface area contributed by atoms with Crippen LogP contribution in [0.1, 0.15) is 39.9 Å². The zero-order valence-corrected chi connectivity index (χ0v) is 21.5. The van der Waals surface area contributed by atoms with Crippen molar-refractivity contribution in [3.8, 4) is 0 Å². The smallest absolute Gasteiger partial charge is 0.189 e. The summed E-state index contributed by atoms with van der Waals surface area (Å²) in [6, 6.07) is 24.0. The minimum absolute atomic E-state index is 0.0588. The number of Topliss-reactive ketones (excluding diaryl/α,β-unsaturated/α-hetero) is 1. The number of anilines is 2. The summed E-state index contributed by atoms with van der Waals surface area (Å²) in [6.45, 7) is 2.05. The zero-order chi connectivity index (χ0) is 24.8. The Bertz CT molecular complexity index is 1770. The Morgan fingerprint density at radius 1 is 0.778 bits per heavy atom. The molecule has 4 aromatic rings. The van der Waals surface area contributed by atoms with E-state index in [1.807, 2.05) is 42.5 Å². The van der Waals surface area contributed by atoms with Crippen molar-refractivity contribution < 1.29 is 4.79 Å². The Balaban J connectivity index is 1.43. The van der Waals surface area contributed by atoms with Gasteiger partial charge in [0.25, 0.3) is 0 Å². The summed E-state index contributed by atoms with van der Waals surface area (Å²) in [4.78, 5) is 13.7. The van der Waals surface area contributed by atoms with Crippen LogP contribution < -0.4 is 15.8 Å². The number of carbonyl (C=O) groups is 1. The van der Waals surface area contributed by atoms with Crippen LogP contribution >= 0.6 is 23.2 Å². The highest BCUT2D eigenvalue weighted by atomic mass is 35.5. The van der Waals surface area contributed by atoms with Crippen LogP contribution in [-0.2, 0) is 12.8 Å². The third kappa shape index (κ3) is 3.95. The molecule has 6 rings (SSSR count). The molecular formula is C32H25Cl2NO. The molecule has 0 amide bonds. The normalized spacial score (nSPS) is 13.8. The van der Waals surface area contributed by atoms with E-state index in [2.05, 4.69) is 42.6 Å². The van der Waals surface area contributed by atoms with Gasteiger partial charge in [0.05, 0.1) is 10.7 Å². The number of para-hydroxylation sites is 1. The highest BCUT2D eigenvalue weighted by Gasteiger charge is 2.21. The van der Waals surface area contributed by atoms with E-state index in [-0.39, 0.29) is 5.78 Å². The summed E-state index contributed by atoms with van der Waals surface area (Å²) in [7, 11) is 0. The lowest BCUT2D eigenvalue weighted by Gasteiger charge is -2.20. The molecule has 0 saturated heterocycles. The van der Waals surface area contributed by atoms with Gasteiger partial charge in [0.2, 0.25) is 0 Å². The fourth-order valence-electron chi connectivity index (χ4n) is 5.53. The molecule has 0 atom stereocenters. The molecule has 0 fully saturated rings. The number of rotatable bonds is 4. The molecule has 0 aromatic heterocycles. The third-order valence-corrected chi connectivity index (χ3v) is 8.03. The quantitative estimate of drug-likeness (QED) is 0.299. The lowest BCUT2D eigenvalue weighted by Crippen LogP contribution is -2.26. The average molecular weight is 510 g/mol. The summed E-state index contributed by atoms with van der Waals surface area (Å²) in [5.74, 6) is 0.0588. The standard InChI is InChI=1S/C32H25Cl2NO/c1-19-6-2-3-11-30(19)35-31-17-12-20(18-29(31)34)32(36)27-9-4-7-21-23-15-16-26-22(8-5-10-28(26)33)24(23)13-14-25(21)27/h2-3,5-6,8,10-14,16-18,35H,4,7,9,15H2,1H3. The van der Waals surface area contributed by atoms with Crippen LogP contribution in [0.5, 0.6) is 0 Å². The number of hydrogen-bond acceptors (Lipinski definition) is 2. The summed E-state index contributed by atoms with van der Waals surface area (Å²) in [5.41, 5.74) is 7.05. The van der Waals surface area contributed by atoms with Gasteiger partial charge in [-0.25, -0.2) is 0 Å². The Labute approximate surface area is 220 Å². The van der Waals surface area contributed by atoms with Gasteiger partial charge in [0.15, 0.2) is 5.78 Å². The SMILES string of the molecule is Cc1ccccc1Nc1ccc(C(=O)C2=c3ccc4c(c3CCC2)CC=c2c(Cl)cccc2=4)cc1Cl. The molecule has 2 nitrogen and oxygen atoms in total. The first-order valence-electron chi connectivity index (χ1n) is 12.3. The van der Waals surface area contributed by atoms with Crippen molar-refractivity contribution in [2.45, 2.75) is 32.6 Å². The molecule has 0 heterocycles. The maximum absolute atomic E-state index is 13.7. The predicted molar refractivity (Wildman–Crippen MR) is 150 cm³/mol. The van der Waals surface area contributed by atoms with Gasteiger partial charge >= 0.3 is 0 Å². The number of aryl methyl sites for hydroxylation is 1. The molecule has 0 unspecified atom stereocenters. The molecule has 178 valence electrons. The molecule has 0 bridgehead atoms. The van der Waals surface area contributed by atoms with Gasteiger partial charge in [-0.05, 0) is 101 Å². The van der Waals surface area contributed by atoms with E-state index >= 15 is 0 Å². The molecule has 2 aliphatic carbocycles. The summed E-state index contributed by atoms with van der Waals surface area (Å²) in [5, 5.41) is 9.31. The number of ketones is 1. The molecule has 4 aromatic carbocycles. The third-order valence-electron chi connectivity index (χ3n) is 7.38. The van der Waals surface area contributed by atoms with Crippen LogP contribution in [0.3, 0.4) is 0 Å². The lowest BCUT2D eigenvalue weighted by atomic mass is 9.84. The van der Waals surface area contributed by atoms with E-state index in [4.69, 9.17) is 23.2 Å². The van der Waals surface area contributed by atoms with E-state index in [9.17, 15) is 4.79 Å². The van der Waals surface area contributed by atoms with Crippen LogP contribution in [0.25, 0.3) is 11.6 Å². The zero-order valence-electron chi connectivity index (χ0n) is 20.0. The topological polar surface area (TPSA) is 29.1 Å². The second-order valence-corrected chi connectivity index (χ2v) is 10.3. The average Bonchev–Trinajstić information content (AvgIpc) is 2.90. The number of benzene rings is 4. The number of nitrogens with one attached hydrogen (secondary N) is 1. The molecule has 2 aliphatic rings. The van der Waals surface area contributed by atoms with Crippen molar-refractivity contribution in [2.75, 3.05) is 5.32 Å². The minimum atomic E-state index is 0.0588. The van der Waals surface area contributed by atoms with Crippen molar-refractivity contribution in [2.24, 2.45) is 0 Å². The Morgan fingerprint density at radius 2 is 1.61 bits per heavy atom. The monoisotopic (exact) mass is 509 g/mol. The largest absolute Gasteiger partial charge is 0.354 e. The molecular weight excluding hydrogens is 485 g/mol. The van der Waals surface area contributed by atoms with Crippen LogP contribution in [0, 0.1) is 17.4 Å². The van der Waals surface area contributed by atoms with E-state index in [0.29, 0.717) is 10.6 Å². The van der Waals surface area contributed by atoms with Gasteiger partial charge in [0.1, 0.15) is 0 Å². The number of hydrogen-bond donors (Lipinski definition) is 1. The van der Waals surface area contributed by atoms with Crippen molar-refractivity contribution in [1.29, 1.82) is 0 Å². The van der Waals surface area contributed by atoms with Gasteiger partial charge in [-0.3, -0.25) is 4.79 Å². The van der Waals surface area contributed by atoms with E-state index in [1.54, 1.807) is 6.07 Å². The molecule has 0 saturated carbocycles. The fraction of sp³-hybridized carbons (Fsp3) is 0.156. The first kappa shape index (κ1) is 23.1. The molecule has 0 radical (unpaired) electrons. The Kier molecular flexibility index (Phi) is 5.95. The van der Waals surface area contributed by atoms with Gasteiger partial charge in [0, 0.05) is 21.8 Å². The van der Waals surface area contributed by atoms with Crippen molar-refractivity contribution in [3.05, 3.63) is 126 Å². The van der Waals surface area contributed by atoms with Gasteiger partial charge in [-0.2, -0.15) is 0 Å². The maximum Gasteiger partial charge on any atom is 0.189 e.